The van der Waals surface area contributed by atoms with Gasteiger partial charge in [0.25, 0.3) is 5.91 Å². The lowest BCUT2D eigenvalue weighted by Crippen LogP contribution is -2.50. The van der Waals surface area contributed by atoms with Gasteiger partial charge in [0, 0.05) is 24.0 Å². The molecule has 1 saturated heterocycles. The highest BCUT2D eigenvalue weighted by atomic mass is 32.1. The number of piperidine rings is 1. The van der Waals surface area contributed by atoms with Crippen molar-refractivity contribution in [2.24, 2.45) is 5.73 Å². The molecular formula is C14H21N3O2S. The average molecular weight is 295 g/mol. The molecule has 2 rings (SSSR count). The number of amides is 2. The zero-order valence-corrected chi connectivity index (χ0v) is 12.7. The molecule has 0 saturated carbocycles. The van der Waals surface area contributed by atoms with Crippen LogP contribution in [-0.4, -0.2) is 41.9 Å². The van der Waals surface area contributed by atoms with E-state index in [1.807, 2.05) is 26.0 Å². The van der Waals surface area contributed by atoms with E-state index in [-0.39, 0.29) is 23.9 Å². The third kappa shape index (κ3) is 3.58. The number of aryl methyl sites for hydroxylation is 1. The fourth-order valence-corrected chi connectivity index (χ4v) is 3.19. The standard InChI is InChI=1S/C14H21N3O2S/c1-9-3-4-12(20-9)14(19)16-11-5-7-17(8-6-11)10(2)13(15)18/h3-4,10-11H,5-8H2,1-2H3,(H2,15,18)(H,16,19)/t10-/m1/s1. The number of hydrogen-bond acceptors (Lipinski definition) is 4. The van der Waals surface area contributed by atoms with E-state index >= 15 is 0 Å². The lowest BCUT2D eigenvalue weighted by atomic mass is 10.0. The average Bonchev–Trinajstić information content (AvgIpc) is 2.85. The smallest absolute Gasteiger partial charge is 0.261 e. The molecule has 110 valence electrons. The minimum atomic E-state index is -0.290. The van der Waals surface area contributed by atoms with Gasteiger partial charge in [0.2, 0.25) is 5.91 Å². The van der Waals surface area contributed by atoms with Gasteiger partial charge in [-0.1, -0.05) is 0 Å². The van der Waals surface area contributed by atoms with Crippen LogP contribution in [0.5, 0.6) is 0 Å². The van der Waals surface area contributed by atoms with Gasteiger partial charge in [-0.05, 0) is 38.8 Å². The van der Waals surface area contributed by atoms with Crippen LogP contribution in [0.1, 0.15) is 34.3 Å². The van der Waals surface area contributed by atoms with Crippen LogP contribution in [-0.2, 0) is 4.79 Å². The first-order valence-electron chi connectivity index (χ1n) is 6.88. The van der Waals surface area contributed by atoms with Crippen LogP contribution in [0, 0.1) is 6.92 Å². The van der Waals surface area contributed by atoms with Crippen molar-refractivity contribution in [3.8, 4) is 0 Å². The summed E-state index contributed by atoms with van der Waals surface area (Å²) in [5.41, 5.74) is 5.31. The highest BCUT2D eigenvalue weighted by Crippen LogP contribution is 2.17. The Bertz CT molecular complexity index is 492. The number of nitrogens with one attached hydrogen (secondary N) is 1. The number of likely N-dealkylation sites (tertiary alicyclic amines) is 1. The van der Waals surface area contributed by atoms with Crippen molar-refractivity contribution < 1.29 is 9.59 Å². The molecule has 0 unspecified atom stereocenters. The molecule has 0 radical (unpaired) electrons. The number of primary amides is 1. The normalized spacial score (nSPS) is 18.7. The van der Waals surface area contributed by atoms with E-state index in [0.717, 1.165) is 35.7 Å². The molecule has 1 aliphatic rings. The molecule has 1 aromatic rings. The first-order valence-corrected chi connectivity index (χ1v) is 7.69. The largest absolute Gasteiger partial charge is 0.368 e. The van der Waals surface area contributed by atoms with Crippen LogP contribution >= 0.6 is 11.3 Å². The number of nitrogens with zero attached hydrogens (tertiary/aromatic N) is 1. The molecule has 6 heteroatoms. The Kier molecular flexibility index (Phi) is 4.77. The molecule has 1 fully saturated rings. The van der Waals surface area contributed by atoms with E-state index in [0.29, 0.717) is 0 Å². The van der Waals surface area contributed by atoms with Crippen molar-refractivity contribution in [2.45, 2.75) is 38.8 Å². The second kappa shape index (κ2) is 6.37. The molecule has 0 aliphatic carbocycles. The summed E-state index contributed by atoms with van der Waals surface area (Å²) in [5, 5.41) is 3.07. The lowest BCUT2D eigenvalue weighted by Gasteiger charge is -2.34. The van der Waals surface area contributed by atoms with Crippen LogP contribution in [0.4, 0.5) is 0 Å². The molecule has 0 bridgehead atoms. The molecule has 2 heterocycles. The van der Waals surface area contributed by atoms with Crippen molar-refractivity contribution in [1.82, 2.24) is 10.2 Å². The fourth-order valence-electron chi connectivity index (χ4n) is 2.42. The van der Waals surface area contributed by atoms with Gasteiger partial charge in [0.15, 0.2) is 0 Å². The summed E-state index contributed by atoms with van der Waals surface area (Å²) < 4.78 is 0. The Hall–Kier alpha value is -1.40. The summed E-state index contributed by atoms with van der Waals surface area (Å²) in [6, 6.07) is 3.77. The van der Waals surface area contributed by atoms with Gasteiger partial charge < -0.3 is 11.1 Å². The predicted molar refractivity (Wildman–Crippen MR) is 79.8 cm³/mol. The number of thiophene rings is 1. The van der Waals surface area contributed by atoms with Crippen LogP contribution < -0.4 is 11.1 Å². The number of hydrogen-bond donors (Lipinski definition) is 2. The van der Waals surface area contributed by atoms with Gasteiger partial charge in [-0.25, -0.2) is 0 Å². The lowest BCUT2D eigenvalue weighted by molar-refractivity contribution is -0.123. The van der Waals surface area contributed by atoms with Gasteiger partial charge in [-0.3, -0.25) is 14.5 Å². The summed E-state index contributed by atoms with van der Waals surface area (Å²) in [6.07, 6.45) is 1.71. The van der Waals surface area contributed by atoms with E-state index in [1.54, 1.807) is 0 Å². The van der Waals surface area contributed by atoms with Crippen molar-refractivity contribution in [3.63, 3.8) is 0 Å². The van der Waals surface area contributed by atoms with E-state index in [1.165, 1.54) is 11.3 Å². The molecule has 0 aromatic carbocycles. The van der Waals surface area contributed by atoms with Crippen molar-refractivity contribution >= 4 is 23.2 Å². The first-order chi connectivity index (χ1) is 9.47. The van der Waals surface area contributed by atoms with Crippen LogP contribution in [0.3, 0.4) is 0 Å². The third-order valence-electron chi connectivity index (χ3n) is 3.79. The topological polar surface area (TPSA) is 75.4 Å². The molecule has 1 atom stereocenters. The second-order valence-corrected chi connectivity index (χ2v) is 6.56. The van der Waals surface area contributed by atoms with Gasteiger partial charge in [0.1, 0.15) is 0 Å². The fraction of sp³-hybridized carbons (Fsp3) is 0.571. The molecule has 2 amide bonds. The number of carbonyl (C=O) groups is 2. The SMILES string of the molecule is Cc1ccc(C(=O)NC2CCN([C@H](C)C(N)=O)CC2)s1. The highest BCUT2D eigenvalue weighted by molar-refractivity contribution is 7.13. The second-order valence-electron chi connectivity index (χ2n) is 5.27. The molecule has 1 aliphatic heterocycles. The van der Waals surface area contributed by atoms with E-state index in [9.17, 15) is 9.59 Å². The zero-order valence-electron chi connectivity index (χ0n) is 11.9. The zero-order chi connectivity index (χ0) is 14.7. The van der Waals surface area contributed by atoms with Crippen LogP contribution in [0.25, 0.3) is 0 Å². The van der Waals surface area contributed by atoms with Gasteiger partial charge >= 0.3 is 0 Å². The van der Waals surface area contributed by atoms with Gasteiger partial charge in [-0.2, -0.15) is 0 Å². The molecule has 3 N–H and O–H groups in total. The predicted octanol–water partition coefficient (Wildman–Crippen LogP) is 1.12. The van der Waals surface area contributed by atoms with Crippen molar-refractivity contribution in [3.05, 3.63) is 21.9 Å². The van der Waals surface area contributed by atoms with E-state index < -0.39 is 0 Å². The molecule has 20 heavy (non-hydrogen) atoms. The molecular weight excluding hydrogens is 274 g/mol. The molecule has 0 spiro atoms. The summed E-state index contributed by atoms with van der Waals surface area (Å²) in [4.78, 5) is 27.2. The summed E-state index contributed by atoms with van der Waals surface area (Å²) in [5.74, 6) is -0.286. The maximum Gasteiger partial charge on any atom is 0.261 e. The van der Waals surface area contributed by atoms with Crippen molar-refractivity contribution in [1.29, 1.82) is 0 Å². The Morgan fingerprint density at radius 1 is 1.40 bits per heavy atom. The monoisotopic (exact) mass is 295 g/mol. The number of carbonyl (C=O) groups excluding carboxylic acids is 2. The summed E-state index contributed by atoms with van der Waals surface area (Å²) in [6.45, 7) is 5.40. The van der Waals surface area contributed by atoms with Crippen LogP contribution in [0.2, 0.25) is 0 Å². The Morgan fingerprint density at radius 2 is 2.05 bits per heavy atom. The summed E-state index contributed by atoms with van der Waals surface area (Å²) >= 11 is 1.51. The number of nitrogens with two attached hydrogens (primary N) is 1. The quantitative estimate of drug-likeness (QED) is 0.874. The van der Waals surface area contributed by atoms with Crippen molar-refractivity contribution in [2.75, 3.05) is 13.1 Å². The molecule has 5 nitrogen and oxygen atoms in total. The maximum atomic E-state index is 12.1. The van der Waals surface area contributed by atoms with Gasteiger partial charge in [0.05, 0.1) is 10.9 Å². The Balaban J connectivity index is 1.82. The van der Waals surface area contributed by atoms with Gasteiger partial charge in [-0.15, -0.1) is 11.3 Å². The minimum absolute atomic E-state index is 0.00417. The first kappa shape index (κ1) is 15.0. The summed E-state index contributed by atoms with van der Waals surface area (Å²) in [7, 11) is 0. The van der Waals surface area contributed by atoms with Crippen LogP contribution in [0.15, 0.2) is 12.1 Å². The minimum Gasteiger partial charge on any atom is -0.368 e. The number of rotatable bonds is 4. The highest BCUT2D eigenvalue weighted by Gasteiger charge is 2.26. The van der Waals surface area contributed by atoms with E-state index in [4.69, 9.17) is 5.73 Å². The Labute approximate surface area is 123 Å². The third-order valence-corrected chi connectivity index (χ3v) is 4.79. The molecule has 1 aromatic heterocycles. The van der Waals surface area contributed by atoms with E-state index in [2.05, 4.69) is 10.2 Å². The Morgan fingerprint density at radius 3 is 2.55 bits per heavy atom. The maximum absolute atomic E-state index is 12.1.